The van der Waals surface area contributed by atoms with E-state index in [4.69, 9.17) is 14.2 Å². The van der Waals surface area contributed by atoms with Gasteiger partial charge in [0, 0.05) is 11.3 Å². The van der Waals surface area contributed by atoms with Crippen LogP contribution in [0.3, 0.4) is 0 Å². The molecule has 1 aromatic heterocycles. The first-order chi connectivity index (χ1) is 23.8. The van der Waals surface area contributed by atoms with Crippen molar-refractivity contribution in [3.05, 3.63) is 94.8 Å². The number of hydrogen-bond acceptors (Lipinski definition) is 10. The van der Waals surface area contributed by atoms with Gasteiger partial charge < -0.3 is 19.3 Å². The number of rotatable bonds is 17. The summed E-state index contributed by atoms with van der Waals surface area (Å²) >= 11 is 2.53. The Bertz CT molecular complexity index is 1760. The second-order valence-electron chi connectivity index (χ2n) is 11.5. The Morgan fingerprint density at radius 3 is 2.35 bits per heavy atom. The molecule has 12 heteroatoms. The first kappa shape index (κ1) is 35.9. The smallest absolute Gasteiger partial charge is 0.301 e. The van der Waals surface area contributed by atoms with Crippen molar-refractivity contribution < 1.29 is 33.3 Å². The highest BCUT2D eigenvalue weighted by Crippen LogP contribution is 2.45. The van der Waals surface area contributed by atoms with Gasteiger partial charge in [0.2, 0.25) is 5.13 Å². The zero-order valence-electron chi connectivity index (χ0n) is 27.8. The summed E-state index contributed by atoms with van der Waals surface area (Å²) in [5, 5.41) is 20.4. The number of unbranched alkanes of at least 4 members (excludes halogenated alkanes) is 4. The van der Waals surface area contributed by atoms with Crippen LogP contribution in [0.2, 0.25) is 0 Å². The predicted molar refractivity (Wildman–Crippen MR) is 190 cm³/mol. The molecule has 49 heavy (non-hydrogen) atoms. The van der Waals surface area contributed by atoms with Crippen molar-refractivity contribution in [1.82, 2.24) is 10.2 Å². The Labute approximate surface area is 294 Å². The summed E-state index contributed by atoms with van der Waals surface area (Å²) in [5.74, 6) is -0.222. The van der Waals surface area contributed by atoms with Crippen LogP contribution in [0.4, 0.5) is 9.52 Å². The lowest BCUT2D eigenvalue weighted by atomic mass is 9.95. The number of methoxy groups -OCH3 is 1. The molecule has 9 nitrogen and oxygen atoms in total. The SMILES string of the molecule is CCCCCCOc1ccc([C@H]2C(=C(O)c3ccc(OCCCC)cc3)C(=O)C(=O)N2c2nnc(SCc3ccc(F)cc3)s2)cc1OC. The van der Waals surface area contributed by atoms with E-state index in [1.165, 1.54) is 35.9 Å². The van der Waals surface area contributed by atoms with Crippen LogP contribution in [0.25, 0.3) is 5.76 Å². The van der Waals surface area contributed by atoms with Gasteiger partial charge in [-0.1, -0.05) is 80.8 Å². The highest BCUT2D eigenvalue weighted by Gasteiger charge is 2.48. The summed E-state index contributed by atoms with van der Waals surface area (Å²) < 4.78 is 31.4. The van der Waals surface area contributed by atoms with Crippen molar-refractivity contribution in [1.29, 1.82) is 0 Å². The Balaban J connectivity index is 1.49. The minimum atomic E-state index is -1.03. The molecular weight excluding hydrogens is 666 g/mol. The highest BCUT2D eigenvalue weighted by atomic mass is 32.2. The quantitative estimate of drug-likeness (QED) is 0.0288. The summed E-state index contributed by atoms with van der Waals surface area (Å²) in [6.45, 7) is 5.32. The number of aliphatic hydroxyl groups excluding tert-OH is 1. The molecule has 0 unspecified atom stereocenters. The van der Waals surface area contributed by atoms with E-state index >= 15 is 0 Å². The van der Waals surface area contributed by atoms with Crippen molar-refractivity contribution >= 4 is 45.7 Å². The molecule has 1 aliphatic rings. The monoisotopic (exact) mass is 705 g/mol. The topological polar surface area (TPSA) is 111 Å². The molecule has 1 fully saturated rings. The first-order valence-electron chi connectivity index (χ1n) is 16.4. The average molecular weight is 706 g/mol. The molecule has 0 bridgehead atoms. The van der Waals surface area contributed by atoms with Crippen LogP contribution < -0.4 is 19.1 Å². The third kappa shape index (κ3) is 8.79. The molecule has 0 saturated carbocycles. The Hall–Kier alpha value is -4.42. The standard InChI is InChI=1S/C37H40FN3O6S2/c1-4-6-8-9-21-47-29-19-14-26(22-30(29)45-3)32-31(33(42)25-12-17-28(18-13-25)46-20-7-5-2)34(43)35(44)41(32)36-39-40-37(49-36)48-23-24-10-15-27(38)16-11-24/h10-19,22,32,42H,4-9,20-21,23H2,1-3H3/t32-/m0/s1. The number of anilines is 1. The molecule has 1 aliphatic heterocycles. The number of nitrogens with zero attached hydrogens (tertiary/aromatic N) is 3. The number of aromatic nitrogens is 2. The maximum atomic E-state index is 13.8. The van der Waals surface area contributed by atoms with Gasteiger partial charge in [0.1, 0.15) is 17.3 Å². The van der Waals surface area contributed by atoms with Gasteiger partial charge >= 0.3 is 5.91 Å². The molecule has 1 amide bonds. The summed E-state index contributed by atoms with van der Waals surface area (Å²) in [5.41, 5.74) is 1.68. The summed E-state index contributed by atoms with van der Waals surface area (Å²) in [6, 6.07) is 17.1. The van der Waals surface area contributed by atoms with E-state index in [1.54, 1.807) is 54.6 Å². The van der Waals surface area contributed by atoms with E-state index in [0.717, 1.165) is 55.4 Å². The highest BCUT2D eigenvalue weighted by molar-refractivity contribution is 8.00. The number of amides is 1. The fourth-order valence-electron chi connectivity index (χ4n) is 5.31. The molecule has 4 aromatic rings. The van der Waals surface area contributed by atoms with Crippen LogP contribution in [0.1, 0.15) is 75.1 Å². The van der Waals surface area contributed by atoms with Gasteiger partial charge in [0.15, 0.2) is 15.8 Å². The van der Waals surface area contributed by atoms with Gasteiger partial charge in [0.25, 0.3) is 5.78 Å². The van der Waals surface area contributed by atoms with Crippen LogP contribution in [-0.2, 0) is 15.3 Å². The molecular formula is C37H40FN3O6S2. The molecule has 3 aromatic carbocycles. The Morgan fingerprint density at radius 1 is 0.898 bits per heavy atom. The minimum absolute atomic E-state index is 0.0874. The van der Waals surface area contributed by atoms with Gasteiger partial charge in [-0.2, -0.15) is 0 Å². The maximum absolute atomic E-state index is 13.8. The molecule has 0 radical (unpaired) electrons. The van der Waals surface area contributed by atoms with Crippen LogP contribution in [-0.4, -0.2) is 47.3 Å². The minimum Gasteiger partial charge on any atom is -0.507 e. The van der Waals surface area contributed by atoms with Gasteiger partial charge in [-0.15, -0.1) is 10.2 Å². The summed E-state index contributed by atoms with van der Waals surface area (Å²) in [4.78, 5) is 28.8. The van der Waals surface area contributed by atoms with Crippen LogP contribution in [0, 0.1) is 5.82 Å². The third-order valence-electron chi connectivity index (χ3n) is 7.98. The number of benzene rings is 3. The molecule has 1 saturated heterocycles. The Kier molecular flexibility index (Phi) is 12.7. The number of carbonyl (C=O) groups is 2. The lowest BCUT2D eigenvalue weighted by molar-refractivity contribution is -0.132. The van der Waals surface area contributed by atoms with Gasteiger partial charge in [-0.25, -0.2) is 4.39 Å². The number of Topliss-reactive ketones (excluding diaryl/α,β-unsaturated/α-hetero) is 1. The van der Waals surface area contributed by atoms with Crippen LogP contribution >= 0.6 is 23.1 Å². The van der Waals surface area contributed by atoms with Crippen LogP contribution in [0.5, 0.6) is 17.2 Å². The molecule has 5 rings (SSSR count). The second-order valence-corrected chi connectivity index (χ2v) is 13.7. The van der Waals surface area contributed by atoms with Crippen molar-refractivity contribution in [2.75, 3.05) is 25.2 Å². The Morgan fingerprint density at radius 2 is 1.63 bits per heavy atom. The molecule has 1 N–H and O–H groups in total. The number of thioether (sulfide) groups is 1. The van der Waals surface area contributed by atoms with Crippen LogP contribution in [0.15, 0.2) is 76.6 Å². The van der Waals surface area contributed by atoms with Crippen molar-refractivity contribution in [2.45, 2.75) is 68.5 Å². The second kappa shape index (κ2) is 17.3. The number of hydrogen-bond donors (Lipinski definition) is 1. The van der Waals surface area contributed by atoms with E-state index in [0.29, 0.717) is 51.7 Å². The lowest BCUT2D eigenvalue weighted by Gasteiger charge is -2.23. The fourth-order valence-corrected chi connectivity index (χ4v) is 7.14. The summed E-state index contributed by atoms with van der Waals surface area (Å²) in [6.07, 6.45) is 6.12. The van der Waals surface area contributed by atoms with Gasteiger partial charge in [-0.3, -0.25) is 14.5 Å². The van der Waals surface area contributed by atoms with Gasteiger partial charge in [0.05, 0.1) is 31.9 Å². The number of carbonyl (C=O) groups excluding carboxylic acids is 2. The maximum Gasteiger partial charge on any atom is 0.301 e. The number of halogens is 1. The number of aliphatic hydroxyl groups is 1. The van der Waals surface area contributed by atoms with Crippen molar-refractivity contribution in [2.24, 2.45) is 0 Å². The molecule has 258 valence electrons. The zero-order chi connectivity index (χ0) is 34.8. The molecule has 0 spiro atoms. The first-order valence-corrected chi connectivity index (χ1v) is 18.2. The molecule has 0 aliphatic carbocycles. The van der Waals surface area contributed by atoms with E-state index in [2.05, 4.69) is 24.0 Å². The van der Waals surface area contributed by atoms with E-state index in [-0.39, 0.29) is 22.3 Å². The number of ether oxygens (including phenoxy) is 3. The largest absolute Gasteiger partial charge is 0.507 e. The third-order valence-corrected chi connectivity index (χ3v) is 10.1. The van der Waals surface area contributed by atoms with Gasteiger partial charge in [-0.05, 0) is 72.5 Å². The lowest BCUT2D eigenvalue weighted by Crippen LogP contribution is -2.29. The van der Waals surface area contributed by atoms with Crippen molar-refractivity contribution in [3.63, 3.8) is 0 Å². The fraction of sp³-hybridized carbons (Fsp3) is 0.351. The predicted octanol–water partition coefficient (Wildman–Crippen LogP) is 8.74. The average Bonchev–Trinajstić information content (AvgIpc) is 3.69. The van der Waals surface area contributed by atoms with E-state index in [9.17, 15) is 19.1 Å². The van der Waals surface area contributed by atoms with E-state index in [1.807, 2.05) is 0 Å². The zero-order valence-corrected chi connectivity index (χ0v) is 29.4. The molecule has 2 heterocycles. The normalized spacial score (nSPS) is 15.5. The summed E-state index contributed by atoms with van der Waals surface area (Å²) in [7, 11) is 1.53. The molecule has 1 atom stereocenters. The van der Waals surface area contributed by atoms with E-state index < -0.39 is 17.7 Å². The number of ketones is 1. The van der Waals surface area contributed by atoms with Crippen molar-refractivity contribution in [3.8, 4) is 17.2 Å².